The zero-order valence-corrected chi connectivity index (χ0v) is 18.6. The highest BCUT2D eigenvalue weighted by molar-refractivity contribution is 7.90. The van der Waals surface area contributed by atoms with E-state index in [1.807, 2.05) is 24.3 Å². The highest BCUT2D eigenvalue weighted by atomic mass is 32.2. The first-order valence-electron chi connectivity index (χ1n) is 9.92. The van der Waals surface area contributed by atoms with Gasteiger partial charge in [-0.15, -0.1) is 0 Å². The van der Waals surface area contributed by atoms with Gasteiger partial charge in [-0.05, 0) is 48.7 Å². The van der Waals surface area contributed by atoms with Crippen LogP contribution in [-0.2, 0) is 10.0 Å². The Morgan fingerprint density at radius 3 is 2.48 bits per heavy atom. The number of rotatable bonds is 3. The van der Waals surface area contributed by atoms with Gasteiger partial charge >= 0.3 is 0 Å². The highest BCUT2D eigenvalue weighted by Crippen LogP contribution is 2.37. The maximum absolute atomic E-state index is 13.0. The predicted molar refractivity (Wildman–Crippen MR) is 122 cm³/mol. The van der Waals surface area contributed by atoms with E-state index in [0.717, 1.165) is 29.8 Å². The van der Waals surface area contributed by atoms with E-state index < -0.39 is 10.0 Å². The second-order valence-electron chi connectivity index (χ2n) is 8.65. The minimum atomic E-state index is -3.61. The van der Waals surface area contributed by atoms with Crippen molar-refractivity contribution in [2.45, 2.75) is 44.6 Å². The Bertz CT molecular complexity index is 1160. The van der Waals surface area contributed by atoms with Gasteiger partial charge in [0, 0.05) is 23.5 Å². The summed E-state index contributed by atoms with van der Waals surface area (Å²) < 4.78 is 27.4. The van der Waals surface area contributed by atoms with E-state index in [0.29, 0.717) is 10.4 Å². The summed E-state index contributed by atoms with van der Waals surface area (Å²) in [7, 11) is -3.61. The minimum Gasteiger partial charge on any atom is -0.359 e. The van der Waals surface area contributed by atoms with Crippen LogP contribution in [0.3, 0.4) is 0 Å². The average molecular weight is 427 g/mol. The molecule has 0 amide bonds. The lowest BCUT2D eigenvalue weighted by atomic mass is 9.94. The lowest BCUT2D eigenvalue weighted by molar-refractivity contribution is 0.364. The van der Waals surface area contributed by atoms with E-state index in [9.17, 15) is 8.42 Å². The lowest BCUT2D eigenvalue weighted by Gasteiger charge is -2.34. The van der Waals surface area contributed by atoms with E-state index in [2.05, 4.69) is 31.7 Å². The number of hydrogen-bond donors (Lipinski definition) is 0. The molecule has 2 heterocycles. The Hall–Kier alpha value is -2.18. The van der Waals surface area contributed by atoms with Crippen molar-refractivity contribution in [1.29, 1.82) is 0 Å². The number of aromatic nitrogens is 1. The summed E-state index contributed by atoms with van der Waals surface area (Å²) in [6.45, 7) is 7.44. The molecule has 152 valence electrons. The minimum absolute atomic E-state index is 0.0465. The van der Waals surface area contributed by atoms with Crippen molar-refractivity contribution in [2.24, 2.45) is 5.41 Å². The van der Waals surface area contributed by atoms with Crippen LogP contribution in [0.2, 0.25) is 0 Å². The monoisotopic (exact) mass is 426 g/mol. The van der Waals surface area contributed by atoms with Gasteiger partial charge in [-0.25, -0.2) is 12.4 Å². The molecule has 0 N–H and O–H groups in total. The zero-order valence-electron chi connectivity index (χ0n) is 17.0. The van der Waals surface area contributed by atoms with Gasteiger partial charge in [0.05, 0.1) is 21.4 Å². The van der Waals surface area contributed by atoms with Crippen LogP contribution in [0, 0.1) is 5.41 Å². The molecule has 2 aromatic carbocycles. The molecule has 1 aliphatic heterocycles. The smallest absolute Gasteiger partial charge is 0.268 e. The van der Waals surface area contributed by atoms with Crippen LogP contribution in [0.4, 0.5) is 0 Å². The van der Waals surface area contributed by atoms with Crippen molar-refractivity contribution in [3.05, 3.63) is 66.4 Å². The largest absolute Gasteiger partial charge is 0.359 e. The Morgan fingerprint density at radius 1 is 1.07 bits per heavy atom. The summed E-state index contributed by atoms with van der Waals surface area (Å²) in [5.41, 5.74) is 1.84. The zero-order chi connectivity index (χ0) is 20.8. The Kier molecular flexibility index (Phi) is 5.03. The third-order valence-corrected chi connectivity index (χ3v) is 8.07. The first-order valence-corrected chi connectivity index (χ1v) is 11.8. The fourth-order valence-corrected chi connectivity index (χ4v) is 5.64. The molecular formula is C23H26N2O2S2. The molecule has 1 saturated heterocycles. The maximum atomic E-state index is 13.0. The number of hydrogen-bond acceptors (Lipinski definition) is 3. The van der Waals surface area contributed by atoms with Crippen LogP contribution in [0.25, 0.3) is 10.9 Å². The first-order chi connectivity index (χ1) is 13.7. The molecule has 1 unspecified atom stereocenters. The van der Waals surface area contributed by atoms with Crippen molar-refractivity contribution in [3.8, 4) is 0 Å². The molecule has 4 nitrogen and oxygen atoms in total. The number of benzene rings is 2. The molecule has 1 aromatic heterocycles. The molecule has 4 rings (SSSR count). The SMILES string of the molecule is CC(C)(C)C(=S)N1CCCC1c1ccc2c(ccn2S(=O)(=O)c2ccccc2)c1. The fourth-order valence-electron chi connectivity index (χ4n) is 4.05. The van der Waals surface area contributed by atoms with E-state index in [1.165, 1.54) is 9.54 Å². The van der Waals surface area contributed by atoms with Gasteiger partial charge in [0.1, 0.15) is 0 Å². The highest BCUT2D eigenvalue weighted by Gasteiger charge is 2.33. The molecule has 0 bridgehead atoms. The number of fused-ring (bicyclic) bond motifs is 1. The van der Waals surface area contributed by atoms with Gasteiger partial charge in [-0.3, -0.25) is 0 Å². The standard InChI is InChI=1S/C23H26N2O2S2/c1-23(2,3)22(28)24-14-7-10-20(24)17-11-12-21-18(16-17)13-15-25(21)29(26,27)19-8-5-4-6-9-19/h4-6,8-9,11-13,15-16,20H,7,10,14H2,1-3H3. The molecule has 0 spiro atoms. The van der Waals surface area contributed by atoms with Crippen LogP contribution in [0.15, 0.2) is 65.7 Å². The molecule has 3 aromatic rings. The molecule has 0 aliphatic carbocycles. The average Bonchev–Trinajstić information content (AvgIpc) is 3.34. The Morgan fingerprint density at radius 2 is 1.79 bits per heavy atom. The number of likely N-dealkylation sites (tertiary alicyclic amines) is 1. The molecule has 1 aliphatic rings. The second-order valence-corrected chi connectivity index (χ2v) is 10.9. The molecule has 29 heavy (non-hydrogen) atoms. The van der Waals surface area contributed by atoms with E-state index in [4.69, 9.17) is 12.2 Å². The van der Waals surface area contributed by atoms with Crippen LogP contribution >= 0.6 is 12.2 Å². The Labute approximate surface area is 178 Å². The molecule has 0 radical (unpaired) electrons. The molecule has 1 fully saturated rings. The third-order valence-electron chi connectivity index (χ3n) is 5.52. The van der Waals surface area contributed by atoms with Gasteiger partial charge in [0.2, 0.25) is 0 Å². The van der Waals surface area contributed by atoms with Gasteiger partial charge in [0.25, 0.3) is 10.0 Å². The lowest BCUT2D eigenvalue weighted by Crippen LogP contribution is -2.37. The fraction of sp³-hybridized carbons (Fsp3) is 0.348. The van der Waals surface area contributed by atoms with Crippen LogP contribution < -0.4 is 0 Å². The Balaban J connectivity index is 1.71. The van der Waals surface area contributed by atoms with Crippen molar-refractivity contribution in [2.75, 3.05) is 6.54 Å². The van der Waals surface area contributed by atoms with E-state index in [-0.39, 0.29) is 11.5 Å². The van der Waals surface area contributed by atoms with Crippen molar-refractivity contribution in [3.63, 3.8) is 0 Å². The van der Waals surface area contributed by atoms with Crippen molar-refractivity contribution >= 4 is 38.1 Å². The second kappa shape index (κ2) is 7.26. The molecule has 0 saturated carbocycles. The van der Waals surface area contributed by atoms with Gasteiger partial charge < -0.3 is 4.90 Å². The van der Waals surface area contributed by atoms with Crippen LogP contribution in [0.1, 0.15) is 45.2 Å². The summed E-state index contributed by atoms with van der Waals surface area (Å²) in [6, 6.07) is 16.7. The summed E-state index contributed by atoms with van der Waals surface area (Å²) >= 11 is 5.77. The quantitative estimate of drug-likeness (QED) is 0.527. The summed E-state index contributed by atoms with van der Waals surface area (Å²) in [5, 5.41) is 0.926. The molecular weight excluding hydrogens is 400 g/mol. The number of thiocarbonyl (C=S) groups is 1. The van der Waals surface area contributed by atoms with E-state index >= 15 is 0 Å². The number of nitrogens with zero attached hydrogens (tertiary/aromatic N) is 2. The van der Waals surface area contributed by atoms with Gasteiger partial charge in [-0.2, -0.15) is 0 Å². The maximum Gasteiger partial charge on any atom is 0.268 e. The van der Waals surface area contributed by atoms with Crippen LogP contribution in [-0.4, -0.2) is 28.8 Å². The van der Waals surface area contributed by atoms with Gasteiger partial charge in [-0.1, -0.05) is 57.3 Å². The van der Waals surface area contributed by atoms with Gasteiger partial charge in [0.15, 0.2) is 0 Å². The summed E-state index contributed by atoms with van der Waals surface area (Å²) in [4.78, 5) is 3.62. The normalized spacial score (nSPS) is 17.8. The summed E-state index contributed by atoms with van der Waals surface area (Å²) in [6.07, 6.45) is 3.82. The van der Waals surface area contributed by atoms with Crippen LogP contribution in [0.5, 0.6) is 0 Å². The van der Waals surface area contributed by atoms with Crippen molar-refractivity contribution in [1.82, 2.24) is 8.87 Å². The predicted octanol–water partition coefficient (Wildman–Crippen LogP) is 5.39. The summed E-state index contributed by atoms with van der Waals surface area (Å²) in [5.74, 6) is 0. The third kappa shape index (κ3) is 3.60. The molecule has 1 atom stereocenters. The molecule has 6 heteroatoms. The topological polar surface area (TPSA) is 42.3 Å². The van der Waals surface area contributed by atoms with E-state index in [1.54, 1.807) is 30.5 Å². The first kappa shape index (κ1) is 20.1. The van der Waals surface area contributed by atoms with Crippen molar-refractivity contribution < 1.29 is 8.42 Å².